The minimum absolute atomic E-state index is 0.141. The van der Waals surface area contributed by atoms with Crippen molar-refractivity contribution in [1.29, 1.82) is 0 Å². The number of aliphatic hydroxyl groups is 3. The largest absolute Gasteiger partial charge is 0.394 e. The van der Waals surface area contributed by atoms with Crippen molar-refractivity contribution in [1.82, 2.24) is 9.55 Å². The Balaban J connectivity index is 2.18. The first-order valence-electron chi connectivity index (χ1n) is 6.85. The summed E-state index contributed by atoms with van der Waals surface area (Å²) in [6.07, 6.45) is -5.16. The number of rotatable bonds is 3. The Morgan fingerprint density at radius 1 is 1.43 bits per heavy atom. The van der Waals surface area contributed by atoms with Gasteiger partial charge in [0.25, 0.3) is 0 Å². The van der Waals surface area contributed by atoms with E-state index in [4.69, 9.17) is 19.9 Å². The van der Waals surface area contributed by atoms with Gasteiger partial charge in [0.1, 0.15) is 18.3 Å². The Hall–Kier alpha value is -1.63. The predicted octanol–water partition coefficient (Wildman–Crippen LogP) is -2.90. The summed E-state index contributed by atoms with van der Waals surface area (Å²) in [5, 5.41) is 29.7. The summed E-state index contributed by atoms with van der Waals surface area (Å²) < 4.78 is 30.5. The van der Waals surface area contributed by atoms with Crippen LogP contribution >= 0.6 is 0 Å². The third-order valence-corrected chi connectivity index (χ3v) is 3.89. The van der Waals surface area contributed by atoms with Gasteiger partial charge >= 0.3 is 5.69 Å². The van der Waals surface area contributed by atoms with Crippen molar-refractivity contribution >= 4 is 5.82 Å². The standard InChI is InChI=1S/C12H16FN3O7/c13-5-3-16(11(20)15-9(5)14)12(10-21-1-2-22-10)8(19)7(18)6(4-17)23-12/h3,6-8,10,17-19H,1-2,4H2,(H2,14,15,20)/t6-,7-,8-,12+/m1/s1. The Labute approximate surface area is 128 Å². The van der Waals surface area contributed by atoms with Gasteiger partial charge in [0.15, 0.2) is 11.6 Å². The lowest BCUT2D eigenvalue weighted by molar-refractivity contribution is -0.270. The second-order valence-electron chi connectivity index (χ2n) is 5.23. The molecule has 0 saturated carbocycles. The van der Waals surface area contributed by atoms with Crippen molar-refractivity contribution < 1.29 is 33.9 Å². The molecule has 0 spiro atoms. The van der Waals surface area contributed by atoms with Crippen molar-refractivity contribution in [3.05, 3.63) is 22.5 Å². The lowest BCUT2D eigenvalue weighted by Crippen LogP contribution is -2.58. The van der Waals surface area contributed by atoms with E-state index in [1.54, 1.807) is 0 Å². The lowest BCUT2D eigenvalue weighted by Gasteiger charge is -2.36. The molecule has 2 fully saturated rings. The Kier molecular flexibility index (Phi) is 4.08. The topological polar surface area (TPSA) is 149 Å². The molecule has 3 heterocycles. The minimum atomic E-state index is -2.11. The fourth-order valence-corrected chi connectivity index (χ4v) is 2.78. The van der Waals surface area contributed by atoms with Crippen LogP contribution < -0.4 is 11.4 Å². The van der Waals surface area contributed by atoms with E-state index >= 15 is 0 Å². The highest BCUT2D eigenvalue weighted by Gasteiger charge is 2.62. The van der Waals surface area contributed by atoms with Gasteiger partial charge in [-0.3, -0.25) is 4.57 Å². The normalized spacial score (nSPS) is 35.0. The lowest BCUT2D eigenvalue weighted by atomic mass is 10.0. The number of nitrogen functional groups attached to an aromatic ring is 1. The number of ether oxygens (including phenoxy) is 3. The molecule has 4 atom stereocenters. The highest BCUT2D eigenvalue weighted by molar-refractivity contribution is 5.27. The number of nitrogens with two attached hydrogens (primary N) is 1. The second kappa shape index (κ2) is 5.78. The molecule has 0 amide bonds. The molecular formula is C12H16FN3O7. The van der Waals surface area contributed by atoms with Crippen molar-refractivity contribution in [3.63, 3.8) is 0 Å². The monoisotopic (exact) mass is 333 g/mol. The maximum Gasteiger partial charge on any atom is 0.352 e. The second-order valence-corrected chi connectivity index (χ2v) is 5.23. The summed E-state index contributed by atoms with van der Waals surface area (Å²) in [6.45, 7) is -0.365. The van der Waals surface area contributed by atoms with E-state index in [0.717, 1.165) is 0 Å². The average Bonchev–Trinajstić information content (AvgIpc) is 3.13. The molecule has 5 N–H and O–H groups in total. The van der Waals surface area contributed by atoms with E-state index < -0.39 is 54.3 Å². The van der Waals surface area contributed by atoms with Crippen LogP contribution in [0.2, 0.25) is 0 Å². The summed E-state index contributed by atoms with van der Waals surface area (Å²) in [7, 11) is 0. The number of hydrogen-bond donors (Lipinski definition) is 4. The number of nitrogens with zero attached hydrogens (tertiary/aromatic N) is 2. The molecular weight excluding hydrogens is 317 g/mol. The van der Waals surface area contributed by atoms with Crippen LogP contribution in [-0.4, -0.2) is 69.3 Å². The highest BCUT2D eigenvalue weighted by atomic mass is 19.1. The number of aromatic nitrogens is 2. The first-order valence-corrected chi connectivity index (χ1v) is 6.85. The van der Waals surface area contributed by atoms with Gasteiger partial charge in [-0.1, -0.05) is 0 Å². The van der Waals surface area contributed by atoms with Crippen LogP contribution in [0.1, 0.15) is 0 Å². The predicted molar refractivity (Wildman–Crippen MR) is 70.5 cm³/mol. The van der Waals surface area contributed by atoms with E-state index in [2.05, 4.69) is 4.98 Å². The molecule has 3 rings (SSSR count). The SMILES string of the molecule is Nc1nc(=O)n([C@]2(C3OCCO3)O[C@H](CO)[C@@H](O)[C@H]2O)cc1F. The van der Waals surface area contributed by atoms with Crippen LogP contribution in [0.25, 0.3) is 0 Å². The summed E-state index contributed by atoms with van der Waals surface area (Å²) in [6, 6.07) is 0. The van der Waals surface area contributed by atoms with Crippen LogP contribution in [0.5, 0.6) is 0 Å². The molecule has 2 saturated heterocycles. The van der Waals surface area contributed by atoms with Crippen LogP contribution in [-0.2, 0) is 19.9 Å². The van der Waals surface area contributed by atoms with Gasteiger partial charge in [-0.2, -0.15) is 4.98 Å². The maximum absolute atomic E-state index is 13.8. The zero-order valence-electron chi connectivity index (χ0n) is 11.8. The molecule has 0 bridgehead atoms. The quantitative estimate of drug-likeness (QED) is 0.457. The maximum atomic E-state index is 13.8. The van der Waals surface area contributed by atoms with Crippen LogP contribution in [0, 0.1) is 5.82 Å². The van der Waals surface area contributed by atoms with Gasteiger partial charge in [-0.25, -0.2) is 9.18 Å². The number of hydrogen-bond acceptors (Lipinski definition) is 9. The highest BCUT2D eigenvalue weighted by Crippen LogP contribution is 2.40. The van der Waals surface area contributed by atoms with Gasteiger partial charge in [0.05, 0.1) is 26.0 Å². The van der Waals surface area contributed by atoms with Gasteiger partial charge in [-0.15, -0.1) is 0 Å². The van der Waals surface area contributed by atoms with Crippen molar-refractivity contribution in [2.45, 2.75) is 30.3 Å². The van der Waals surface area contributed by atoms with Crippen LogP contribution in [0.4, 0.5) is 10.2 Å². The number of halogens is 1. The van der Waals surface area contributed by atoms with Gasteiger partial charge in [-0.05, 0) is 0 Å². The van der Waals surface area contributed by atoms with Gasteiger partial charge < -0.3 is 35.3 Å². The Morgan fingerprint density at radius 3 is 2.65 bits per heavy atom. The fraction of sp³-hybridized carbons (Fsp3) is 0.667. The summed E-state index contributed by atoms with van der Waals surface area (Å²) in [5.41, 5.74) is 2.10. The third kappa shape index (κ3) is 2.33. The molecule has 0 aliphatic carbocycles. The average molecular weight is 333 g/mol. The smallest absolute Gasteiger partial charge is 0.352 e. The molecule has 1 aromatic rings. The molecule has 2 aliphatic rings. The summed E-state index contributed by atoms with van der Waals surface area (Å²) in [4.78, 5) is 15.5. The van der Waals surface area contributed by atoms with E-state index in [0.29, 0.717) is 10.8 Å². The first-order chi connectivity index (χ1) is 10.9. The Morgan fingerprint density at radius 2 is 2.09 bits per heavy atom. The van der Waals surface area contributed by atoms with E-state index in [1.165, 1.54) is 0 Å². The van der Waals surface area contributed by atoms with E-state index in [9.17, 15) is 24.5 Å². The van der Waals surface area contributed by atoms with Crippen molar-refractivity contribution in [2.24, 2.45) is 0 Å². The fourth-order valence-electron chi connectivity index (χ4n) is 2.78. The Bertz CT molecular complexity index is 650. The zero-order chi connectivity index (χ0) is 16.8. The molecule has 128 valence electrons. The van der Waals surface area contributed by atoms with E-state index in [1.807, 2.05) is 0 Å². The van der Waals surface area contributed by atoms with E-state index in [-0.39, 0.29) is 13.2 Å². The molecule has 23 heavy (non-hydrogen) atoms. The first kappa shape index (κ1) is 16.2. The molecule has 1 aromatic heterocycles. The summed E-state index contributed by atoms with van der Waals surface area (Å²) in [5.74, 6) is -1.65. The molecule has 2 aliphatic heterocycles. The minimum Gasteiger partial charge on any atom is -0.394 e. The van der Waals surface area contributed by atoms with Gasteiger partial charge in [0, 0.05) is 0 Å². The molecule has 11 heteroatoms. The molecule has 0 radical (unpaired) electrons. The molecule has 10 nitrogen and oxygen atoms in total. The van der Waals surface area contributed by atoms with Gasteiger partial charge in [0.2, 0.25) is 12.0 Å². The van der Waals surface area contributed by atoms with Crippen molar-refractivity contribution in [2.75, 3.05) is 25.6 Å². The number of anilines is 1. The number of aliphatic hydroxyl groups excluding tert-OH is 3. The summed E-state index contributed by atoms with van der Waals surface area (Å²) >= 11 is 0. The van der Waals surface area contributed by atoms with Crippen LogP contribution in [0.3, 0.4) is 0 Å². The molecule has 0 aromatic carbocycles. The van der Waals surface area contributed by atoms with Crippen molar-refractivity contribution in [3.8, 4) is 0 Å². The third-order valence-electron chi connectivity index (χ3n) is 3.89. The molecule has 0 unspecified atom stereocenters. The van der Waals surface area contributed by atoms with Crippen LogP contribution in [0.15, 0.2) is 11.0 Å². The zero-order valence-corrected chi connectivity index (χ0v) is 11.8.